The number of likely N-dealkylation sites (tertiary alicyclic amines) is 1. The number of rotatable bonds is 4. The smallest absolute Gasteiger partial charge is 0.320 e. The number of carbonyl (C=O) groups is 1. The molecular weight excluding hydrogens is 251 g/mol. The van der Waals surface area contributed by atoms with Crippen molar-refractivity contribution in [2.45, 2.75) is 25.0 Å². The Morgan fingerprint density at radius 3 is 2.95 bits per heavy atom. The van der Waals surface area contributed by atoms with Gasteiger partial charge in [-0.05, 0) is 24.1 Å². The highest BCUT2D eigenvalue weighted by molar-refractivity contribution is 5.74. The van der Waals surface area contributed by atoms with Gasteiger partial charge < -0.3 is 15.6 Å². The van der Waals surface area contributed by atoms with E-state index >= 15 is 0 Å². The Kier molecular flexibility index (Phi) is 4.01. The molecule has 1 fully saturated rings. The van der Waals surface area contributed by atoms with Crippen LogP contribution in [0, 0.1) is 5.82 Å². The van der Waals surface area contributed by atoms with E-state index in [0.29, 0.717) is 25.1 Å². The van der Waals surface area contributed by atoms with Gasteiger partial charge in [0.1, 0.15) is 6.04 Å². The molecule has 0 saturated carbocycles. The molecular formula is C13H17FN2O3. The maximum absolute atomic E-state index is 13.6. The minimum atomic E-state index is -0.887. The summed E-state index contributed by atoms with van der Waals surface area (Å²) < 4.78 is 18.4. The van der Waals surface area contributed by atoms with Crippen LogP contribution in [-0.4, -0.2) is 41.7 Å². The number of nitrogens with zero attached hydrogens (tertiary/aromatic N) is 1. The molecule has 1 aliphatic rings. The number of aliphatic carboxylic acids is 1. The van der Waals surface area contributed by atoms with E-state index in [-0.39, 0.29) is 11.8 Å². The molecule has 0 aliphatic carbocycles. The van der Waals surface area contributed by atoms with Gasteiger partial charge in [-0.3, -0.25) is 9.69 Å². The first-order chi connectivity index (χ1) is 9.01. The molecule has 1 aliphatic heterocycles. The second-order valence-corrected chi connectivity index (χ2v) is 4.75. The zero-order chi connectivity index (χ0) is 14.0. The third-order valence-electron chi connectivity index (χ3n) is 3.32. The van der Waals surface area contributed by atoms with Gasteiger partial charge in [0.05, 0.1) is 7.11 Å². The Morgan fingerprint density at radius 1 is 1.63 bits per heavy atom. The van der Waals surface area contributed by atoms with E-state index in [1.165, 1.54) is 19.2 Å². The van der Waals surface area contributed by atoms with Crippen molar-refractivity contribution in [1.82, 2.24) is 4.90 Å². The number of methoxy groups -OCH3 is 1. The zero-order valence-corrected chi connectivity index (χ0v) is 10.7. The van der Waals surface area contributed by atoms with Gasteiger partial charge in [-0.15, -0.1) is 0 Å². The lowest BCUT2D eigenvalue weighted by atomic mass is 10.1. The van der Waals surface area contributed by atoms with Crippen LogP contribution in [0.4, 0.5) is 4.39 Å². The molecule has 3 N–H and O–H groups in total. The predicted molar refractivity (Wildman–Crippen MR) is 67.4 cm³/mol. The highest BCUT2D eigenvalue weighted by atomic mass is 19.1. The van der Waals surface area contributed by atoms with Crippen LogP contribution >= 0.6 is 0 Å². The average molecular weight is 268 g/mol. The van der Waals surface area contributed by atoms with Crippen LogP contribution in [0.1, 0.15) is 12.0 Å². The van der Waals surface area contributed by atoms with Gasteiger partial charge in [0.2, 0.25) is 0 Å². The third kappa shape index (κ3) is 3.02. The Balaban J connectivity index is 2.12. The van der Waals surface area contributed by atoms with E-state index in [0.717, 1.165) is 0 Å². The minimum absolute atomic E-state index is 0.149. The van der Waals surface area contributed by atoms with Gasteiger partial charge in [0.15, 0.2) is 11.6 Å². The molecule has 19 heavy (non-hydrogen) atoms. The van der Waals surface area contributed by atoms with Crippen molar-refractivity contribution in [1.29, 1.82) is 0 Å². The molecule has 0 bridgehead atoms. The van der Waals surface area contributed by atoms with Crippen LogP contribution in [0.15, 0.2) is 18.2 Å². The maximum Gasteiger partial charge on any atom is 0.320 e. The van der Waals surface area contributed by atoms with Crippen LogP contribution in [0.25, 0.3) is 0 Å². The molecule has 0 radical (unpaired) electrons. The van der Waals surface area contributed by atoms with Crippen molar-refractivity contribution in [3.63, 3.8) is 0 Å². The number of carboxylic acids is 1. The van der Waals surface area contributed by atoms with Crippen molar-refractivity contribution in [2.75, 3.05) is 13.7 Å². The molecule has 1 heterocycles. The van der Waals surface area contributed by atoms with Crippen molar-refractivity contribution in [3.05, 3.63) is 29.6 Å². The van der Waals surface area contributed by atoms with Crippen molar-refractivity contribution < 1.29 is 19.0 Å². The van der Waals surface area contributed by atoms with Crippen LogP contribution in [0.3, 0.4) is 0 Å². The number of hydrogen-bond donors (Lipinski definition) is 2. The fourth-order valence-electron chi connectivity index (χ4n) is 2.41. The standard InChI is InChI=1S/C13H17FN2O3/c1-19-12-3-2-8(4-10(12)14)6-16-7-9(15)5-11(16)13(17)18/h2-4,9,11H,5-7,15H2,1H3,(H,17,18). The molecule has 1 saturated heterocycles. The molecule has 0 amide bonds. The maximum atomic E-state index is 13.6. The number of halogens is 1. The Hall–Kier alpha value is -1.66. The lowest BCUT2D eigenvalue weighted by Crippen LogP contribution is -2.35. The number of carboxylic acid groups (broad SMARTS) is 1. The van der Waals surface area contributed by atoms with Gasteiger partial charge in [-0.25, -0.2) is 4.39 Å². The molecule has 1 aromatic carbocycles. The van der Waals surface area contributed by atoms with E-state index in [1.54, 1.807) is 11.0 Å². The third-order valence-corrected chi connectivity index (χ3v) is 3.32. The molecule has 2 atom stereocenters. The summed E-state index contributed by atoms with van der Waals surface area (Å²) in [5.41, 5.74) is 6.49. The summed E-state index contributed by atoms with van der Waals surface area (Å²) in [7, 11) is 1.40. The summed E-state index contributed by atoms with van der Waals surface area (Å²) in [5, 5.41) is 9.12. The molecule has 0 spiro atoms. The van der Waals surface area contributed by atoms with Gasteiger partial charge in [0.25, 0.3) is 0 Å². The molecule has 1 aromatic rings. The number of nitrogens with two attached hydrogens (primary N) is 1. The van der Waals surface area contributed by atoms with E-state index in [2.05, 4.69) is 0 Å². The molecule has 2 unspecified atom stereocenters. The Morgan fingerprint density at radius 2 is 2.37 bits per heavy atom. The van der Waals surface area contributed by atoms with Crippen LogP contribution in [0.2, 0.25) is 0 Å². The summed E-state index contributed by atoms with van der Waals surface area (Å²) in [6.45, 7) is 0.871. The van der Waals surface area contributed by atoms with Gasteiger partial charge in [-0.1, -0.05) is 6.07 Å². The zero-order valence-electron chi connectivity index (χ0n) is 10.7. The molecule has 2 rings (SSSR count). The summed E-state index contributed by atoms with van der Waals surface area (Å²) >= 11 is 0. The Bertz CT molecular complexity index is 481. The monoisotopic (exact) mass is 268 g/mol. The van der Waals surface area contributed by atoms with Crippen LogP contribution in [0.5, 0.6) is 5.75 Å². The second kappa shape index (κ2) is 5.54. The SMILES string of the molecule is COc1ccc(CN2CC(N)CC2C(=O)O)cc1F. The van der Waals surface area contributed by atoms with Gasteiger partial charge >= 0.3 is 5.97 Å². The van der Waals surface area contributed by atoms with Gasteiger partial charge in [-0.2, -0.15) is 0 Å². The average Bonchev–Trinajstić information content (AvgIpc) is 2.70. The highest BCUT2D eigenvalue weighted by Crippen LogP contribution is 2.23. The summed E-state index contributed by atoms with van der Waals surface area (Å²) in [4.78, 5) is 12.9. The fraction of sp³-hybridized carbons (Fsp3) is 0.462. The molecule has 0 aromatic heterocycles. The van der Waals surface area contributed by atoms with E-state index in [9.17, 15) is 9.18 Å². The minimum Gasteiger partial charge on any atom is -0.494 e. The topological polar surface area (TPSA) is 75.8 Å². The normalized spacial score (nSPS) is 23.5. The number of hydrogen-bond acceptors (Lipinski definition) is 4. The van der Waals surface area contributed by atoms with Crippen LogP contribution in [-0.2, 0) is 11.3 Å². The first kappa shape index (κ1) is 13.8. The molecule has 5 nitrogen and oxygen atoms in total. The van der Waals surface area contributed by atoms with E-state index < -0.39 is 17.8 Å². The van der Waals surface area contributed by atoms with Crippen molar-refractivity contribution >= 4 is 5.97 Å². The van der Waals surface area contributed by atoms with Crippen molar-refractivity contribution in [3.8, 4) is 5.75 Å². The molecule has 6 heteroatoms. The quantitative estimate of drug-likeness (QED) is 0.845. The number of ether oxygens (including phenoxy) is 1. The largest absolute Gasteiger partial charge is 0.494 e. The lowest BCUT2D eigenvalue weighted by molar-refractivity contribution is -0.142. The fourth-order valence-corrected chi connectivity index (χ4v) is 2.41. The predicted octanol–water partition coefficient (Wildman–Crippen LogP) is 0.821. The summed E-state index contributed by atoms with van der Waals surface area (Å²) in [6.07, 6.45) is 0.425. The summed E-state index contributed by atoms with van der Waals surface area (Å²) in [5.74, 6) is -1.16. The van der Waals surface area contributed by atoms with E-state index in [4.69, 9.17) is 15.6 Å². The van der Waals surface area contributed by atoms with Gasteiger partial charge in [0, 0.05) is 19.1 Å². The Labute approximate surface area is 110 Å². The van der Waals surface area contributed by atoms with E-state index in [1.807, 2.05) is 0 Å². The molecule has 104 valence electrons. The highest BCUT2D eigenvalue weighted by Gasteiger charge is 2.34. The second-order valence-electron chi connectivity index (χ2n) is 4.75. The summed E-state index contributed by atoms with van der Waals surface area (Å²) in [6, 6.07) is 3.88. The van der Waals surface area contributed by atoms with Crippen LogP contribution < -0.4 is 10.5 Å². The number of benzene rings is 1. The first-order valence-electron chi connectivity index (χ1n) is 6.06. The van der Waals surface area contributed by atoms with Crippen molar-refractivity contribution in [2.24, 2.45) is 5.73 Å². The first-order valence-corrected chi connectivity index (χ1v) is 6.06. The lowest BCUT2D eigenvalue weighted by Gasteiger charge is -2.21.